The lowest BCUT2D eigenvalue weighted by Gasteiger charge is -2.27. The molecule has 0 saturated carbocycles. The van der Waals surface area contributed by atoms with E-state index in [1.165, 1.54) is 163 Å². The van der Waals surface area contributed by atoms with Crippen molar-refractivity contribution in [3.63, 3.8) is 0 Å². The predicted molar refractivity (Wildman–Crippen MR) is 255 cm³/mol. The highest BCUT2D eigenvalue weighted by Gasteiger charge is 2.17. The van der Waals surface area contributed by atoms with E-state index in [1.807, 2.05) is 6.20 Å². The van der Waals surface area contributed by atoms with Gasteiger partial charge in [-0.3, -0.25) is 29.7 Å². The Bertz CT molecular complexity index is 2200. The second-order valence-electron chi connectivity index (χ2n) is 18.6. The van der Waals surface area contributed by atoms with E-state index in [0.717, 1.165) is 19.6 Å². The molecule has 0 atom stereocenters. The Labute approximate surface area is 361 Å². The number of pyridine rings is 3. The Kier molecular flexibility index (Phi) is 15.7. The lowest BCUT2D eigenvalue weighted by molar-refractivity contribution is 0.218. The van der Waals surface area contributed by atoms with Crippen molar-refractivity contribution < 1.29 is 0 Å². The highest BCUT2D eigenvalue weighted by atomic mass is 15.1. The zero-order valence-electron chi connectivity index (χ0n) is 37.8. The van der Waals surface area contributed by atoms with Crippen LogP contribution in [0.5, 0.6) is 0 Å². The molecule has 0 aliphatic carbocycles. The fraction of sp³-hybridized carbons (Fsp3) is 0.500. The molecule has 0 amide bonds. The molecule has 3 aromatic heterocycles. The van der Waals surface area contributed by atoms with Gasteiger partial charge in [-0.25, -0.2) is 0 Å². The quantitative estimate of drug-likeness (QED) is 0.145. The van der Waals surface area contributed by atoms with Crippen molar-refractivity contribution in [2.24, 2.45) is 0 Å². The van der Waals surface area contributed by atoms with Crippen molar-refractivity contribution in [3.8, 4) is 0 Å². The van der Waals surface area contributed by atoms with Crippen LogP contribution in [0.15, 0.2) is 91.3 Å². The van der Waals surface area contributed by atoms with E-state index < -0.39 is 0 Å². The molecule has 318 valence electrons. The number of rotatable bonds is 9. The highest BCUT2D eigenvalue weighted by molar-refractivity contribution is 5.89. The molecule has 60 heavy (non-hydrogen) atoms. The van der Waals surface area contributed by atoms with Crippen LogP contribution in [0, 0.1) is 0 Å². The summed E-state index contributed by atoms with van der Waals surface area (Å²) in [6.07, 6.45) is 16.3. The molecule has 3 aliphatic heterocycles. The van der Waals surface area contributed by atoms with E-state index in [2.05, 4.69) is 146 Å². The van der Waals surface area contributed by atoms with Gasteiger partial charge in [-0.15, -0.1) is 0 Å². The van der Waals surface area contributed by atoms with Gasteiger partial charge >= 0.3 is 0 Å². The molecule has 0 spiro atoms. The fourth-order valence-electron chi connectivity index (χ4n) is 9.62. The normalized spacial score (nSPS) is 16.9. The molecule has 6 heterocycles. The van der Waals surface area contributed by atoms with Gasteiger partial charge in [0.05, 0.1) is 22.8 Å². The zero-order valence-corrected chi connectivity index (χ0v) is 37.8. The van der Waals surface area contributed by atoms with Crippen LogP contribution in [0.3, 0.4) is 0 Å². The van der Waals surface area contributed by atoms with Gasteiger partial charge in [0.15, 0.2) is 0 Å². The van der Waals surface area contributed by atoms with E-state index in [-0.39, 0.29) is 0 Å². The van der Waals surface area contributed by atoms with Crippen LogP contribution < -0.4 is 0 Å². The molecule has 0 unspecified atom stereocenters. The average molecular weight is 805 g/mol. The third-order valence-electron chi connectivity index (χ3n) is 12.8. The number of likely N-dealkylation sites (tertiary alicyclic amines) is 3. The van der Waals surface area contributed by atoms with Gasteiger partial charge in [0.25, 0.3) is 0 Å². The summed E-state index contributed by atoms with van der Waals surface area (Å²) in [5.41, 5.74) is 7.76. The molecule has 6 heteroatoms. The van der Waals surface area contributed by atoms with Crippen LogP contribution in [0.4, 0.5) is 0 Å². The summed E-state index contributed by atoms with van der Waals surface area (Å²) < 4.78 is 0. The summed E-state index contributed by atoms with van der Waals surface area (Å²) >= 11 is 0. The second-order valence-corrected chi connectivity index (χ2v) is 18.6. The second kappa shape index (κ2) is 21.5. The largest absolute Gasteiger partial charge is 0.299 e. The van der Waals surface area contributed by atoms with Crippen molar-refractivity contribution in [2.75, 3.05) is 39.3 Å². The minimum Gasteiger partial charge on any atom is -0.299 e. The first kappa shape index (κ1) is 43.8. The van der Waals surface area contributed by atoms with E-state index >= 15 is 0 Å². The average Bonchev–Trinajstić information content (AvgIpc) is 3.27. The van der Waals surface area contributed by atoms with E-state index in [0.29, 0.717) is 17.8 Å². The van der Waals surface area contributed by atoms with Crippen LogP contribution in [0.1, 0.15) is 151 Å². The Morgan fingerprint density at radius 2 is 0.900 bits per heavy atom. The molecule has 3 saturated heterocycles. The molecule has 0 N–H and O–H groups in total. The summed E-state index contributed by atoms with van der Waals surface area (Å²) in [5.74, 6) is 1.43. The zero-order chi connectivity index (χ0) is 41.8. The topological polar surface area (TPSA) is 48.4 Å². The Hall–Kier alpha value is -4.23. The lowest BCUT2D eigenvalue weighted by atomic mass is 9.98. The molecule has 6 aromatic rings. The number of hydrogen-bond donors (Lipinski definition) is 0. The third-order valence-corrected chi connectivity index (χ3v) is 12.8. The van der Waals surface area contributed by atoms with Gasteiger partial charge in [0.1, 0.15) is 0 Å². The van der Waals surface area contributed by atoms with Gasteiger partial charge in [-0.2, -0.15) is 0 Å². The minimum atomic E-state index is 0.473. The fourth-order valence-corrected chi connectivity index (χ4v) is 9.62. The molecular weight excluding hydrogens is 733 g/mol. The monoisotopic (exact) mass is 805 g/mol. The molecular formula is C54H72N6. The maximum atomic E-state index is 4.95. The van der Waals surface area contributed by atoms with Gasteiger partial charge in [0, 0.05) is 48.2 Å². The lowest BCUT2D eigenvalue weighted by Crippen LogP contribution is -2.29. The molecule has 0 radical (unpaired) electrons. The summed E-state index contributed by atoms with van der Waals surface area (Å²) in [5, 5.41) is 8.07. The smallest absolute Gasteiger partial charge is 0.0553 e. The number of hydrogen-bond acceptors (Lipinski definition) is 6. The maximum absolute atomic E-state index is 4.95. The van der Waals surface area contributed by atoms with Crippen molar-refractivity contribution in [1.29, 1.82) is 0 Å². The summed E-state index contributed by atoms with van der Waals surface area (Å²) in [6, 6.07) is 28.5. The molecule has 3 fully saturated rings. The van der Waals surface area contributed by atoms with Crippen molar-refractivity contribution in [1.82, 2.24) is 29.7 Å². The van der Waals surface area contributed by atoms with Crippen molar-refractivity contribution in [2.45, 2.75) is 137 Å². The van der Waals surface area contributed by atoms with Crippen LogP contribution >= 0.6 is 0 Å². The summed E-state index contributed by atoms with van der Waals surface area (Å²) in [7, 11) is 0. The Balaban J connectivity index is 0.000000136. The number of benzene rings is 3. The summed E-state index contributed by atoms with van der Waals surface area (Å²) in [4.78, 5) is 22.0. The molecule has 6 nitrogen and oxygen atoms in total. The van der Waals surface area contributed by atoms with E-state index in [9.17, 15) is 0 Å². The maximum Gasteiger partial charge on any atom is 0.0553 e. The number of nitrogens with zero attached hydrogens (tertiary/aromatic N) is 6. The number of fused-ring (bicyclic) bond motifs is 3. The molecule has 3 aromatic carbocycles. The Morgan fingerprint density at radius 1 is 0.433 bits per heavy atom. The molecule has 0 bridgehead atoms. The van der Waals surface area contributed by atoms with Gasteiger partial charge in [-0.05, 0) is 135 Å². The number of piperidine rings is 3. The van der Waals surface area contributed by atoms with Crippen LogP contribution in [0.2, 0.25) is 0 Å². The van der Waals surface area contributed by atoms with Gasteiger partial charge < -0.3 is 0 Å². The summed E-state index contributed by atoms with van der Waals surface area (Å²) in [6.45, 7) is 23.9. The molecule has 3 aliphatic rings. The Morgan fingerprint density at radius 3 is 1.48 bits per heavy atom. The predicted octanol–water partition coefficient (Wildman–Crippen LogP) is 13.0. The van der Waals surface area contributed by atoms with Gasteiger partial charge in [0.2, 0.25) is 0 Å². The first-order chi connectivity index (χ1) is 29.2. The first-order valence-corrected chi connectivity index (χ1v) is 23.5. The van der Waals surface area contributed by atoms with Gasteiger partial charge in [-0.1, -0.05) is 128 Å². The SMILES string of the molecule is CC(C)c1nc(CN2CCCCC2)cc2ccccc12.CC(C)c1ncc(CN2CCCCC2)c2ccccc12.CC(C)c1nccc2c(CN3CCCCC3)cccc12. The van der Waals surface area contributed by atoms with Crippen molar-refractivity contribution in [3.05, 3.63) is 125 Å². The standard InChI is InChI=1S/3C18H24N2/c1-14(2)18-17-9-5-4-8-16(17)15(12-19-18)13-20-10-6-3-7-11-20;1-14(2)18-17-9-5-4-8-15(17)12-16(19-18)13-20-10-6-3-7-11-20;1-14(2)18-17-8-6-7-15(16(17)9-10-19-18)13-20-11-4-3-5-12-20/h2*4-5,8-9,12,14H,3,6-7,10-11,13H2,1-2H3;6-10,14H,3-5,11-13H2,1-2H3. The third kappa shape index (κ3) is 11.4. The highest BCUT2D eigenvalue weighted by Crippen LogP contribution is 2.29. The first-order valence-electron chi connectivity index (χ1n) is 23.5. The van der Waals surface area contributed by atoms with Crippen molar-refractivity contribution >= 4 is 32.3 Å². The minimum absolute atomic E-state index is 0.473. The van der Waals surface area contributed by atoms with Crippen LogP contribution in [0.25, 0.3) is 32.3 Å². The molecule has 9 rings (SSSR count). The number of aromatic nitrogens is 3. The van der Waals surface area contributed by atoms with E-state index in [4.69, 9.17) is 9.97 Å². The van der Waals surface area contributed by atoms with E-state index in [1.54, 1.807) is 0 Å². The van der Waals surface area contributed by atoms with Crippen LogP contribution in [-0.4, -0.2) is 68.9 Å². The van der Waals surface area contributed by atoms with Crippen LogP contribution in [-0.2, 0) is 19.6 Å².